The second kappa shape index (κ2) is 6.17. The summed E-state index contributed by atoms with van der Waals surface area (Å²) in [5.41, 5.74) is 10.0. The van der Waals surface area contributed by atoms with Gasteiger partial charge in [-0.25, -0.2) is 0 Å². The van der Waals surface area contributed by atoms with Crippen molar-refractivity contribution in [3.8, 4) is 0 Å². The maximum Gasteiger partial charge on any atom is 0.106 e. The molecule has 4 heteroatoms. The van der Waals surface area contributed by atoms with Crippen molar-refractivity contribution in [3.05, 3.63) is 63.6 Å². The Morgan fingerprint density at radius 1 is 1.26 bits per heavy atom. The molecule has 0 unspecified atom stereocenters. The summed E-state index contributed by atoms with van der Waals surface area (Å²) < 4.78 is 0.999. The molecule has 0 spiro atoms. The van der Waals surface area contributed by atoms with Crippen molar-refractivity contribution in [3.63, 3.8) is 0 Å². The van der Waals surface area contributed by atoms with Crippen molar-refractivity contribution in [2.45, 2.75) is 13.5 Å². The molecule has 2 aromatic carbocycles. The number of hydrogen-bond acceptors (Lipinski definition) is 2. The predicted molar refractivity (Wildman–Crippen MR) is 88.5 cm³/mol. The molecule has 0 aliphatic heterocycles. The minimum Gasteiger partial charge on any atom is -0.389 e. The number of rotatable bonds is 4. The third-order valence-corrected chi connectivity index (χ3v) is 3.53. The van der Waals surface area contributed by atoms with Gasteiger partial charge in [-0.1, -0.05) is 58.0 Å². The minimum absolute atomic E-state index is 0.402. The molecule has 0 heterocycles. The Kier molecular flexibility index (Phi) is 4.56. The zero-order valence-corrected chi connectivity index (χ0v) is 13.0. The summed E-state index contributed by atoms with van der Waals surface area (Å²) in [4.78, 5) is 0.402. The van der Waals surface area contributed by atoms with Crippen molar-refractivity contribution in [1.29, 1.82) is 0 Å². The van der Waals surface area contributed by atoms with Gasteiger partial charge in [0.2, 0.25) is 0 Å². The molecule has 3 N–H and O–H groups in total. The van der Waals surface area contributed by atoms with Crippen LogP contribution in [0.3, 0.4) is 0 Å². The van der Waals surface area contributed by atoms with Crippen LogP contribution in [-0.2, 0) is 6.54 Å². The maximum absolute atomic E-state index is 5.73. The van der Waals surface area contributed by atoms with Gasteiger partial charge in [0.05, 0.1) is 0 Å². The summed E-state index contributed by atoms with van der Waals surface area (Å²) >= 11 is 8.53. The highest BCUT2D eigenvalue weighted by atomic mass is 79.9. The topological polar surface area (TPSA) is 38.0 Å². The standard InChI is InChI=1S/C15H15BrN2S/c1-10-3-2-4-11(7-10)9-18-14-8-12(16)5-6-13(14)15(17)19/h2-8,18H,9H2,1H3,(H2,17,19). The summed E-state index contributed by atoms with van der Waals surface area (Å²) in [5, 5.41) is 3.38. The Bertz CT molecular complexity index is 611. The van der Waals surface area contributed by atoms with Gasteiger partial charge in [0.25, 0.3) is 0 Å². The lowest BCUT2D eigenvalue weighted by atomic mass is 10.1. The summed E-state index contributed by atoms with van der Waals surface area (Å²) in [6, 6.07) is 14.2. The first-order valence-electron chi connectivity index (χ1n) is 5.95. The lowest BCUT2D eigenvalue weighted by Gasteiger charge is -2.12. The third kappa shape index (κ3) is 3.78. The monoisotopic (exact) mass is 334 g/mol. The van der Waals surface area contributed by atoms with Gasteiger partial charge in [0.1, 0.15) is 4.99 Å². The second-order valence-electron chi connectivity index (χ2n) is 4.40. The molecule has 2 nitrogen and oxygen atoms in total. The molecule has 2 aromatic rings. The zero-order chi connectivity index (χ0) is 13.8. The van der Waals surface area contributed by atoms with Crippen molar-refractivity contribution < 1.29 is 0 Å². The van der Waals surface area contributed by atoms with Gasteiger partial charge >= 0.3 is 0 Å². The van der Waals surface area contributed by atoms with Crippen LogP contribution in [0.4, 0.5) is 5.69 Å². The van der Waals surface area contributed by atoms with E-state index in [4.69, 9.17) is 18.0 Å². The van der Waals surface area contributed by atoms with E-state index in [1.807, 2.05) is 18.2 Å². The van der Waals surface area contributed by atoms with E-state index in [9.17, 15) is 0 Å². The highest BCUT2D eigenvalue weighted by Gasteiger charge is 2.05. The Labute approximate surface area is 127 Å². The number of nitrogens with two attached hydrogens (primary N) is 1. The molecule has 19 heavy (non-hydrogen) atoms. The van der Waals surface area contributed by atoms with Gasteiger partial charge in [0, 0.05) is 22.3 Å². The van der Waals surface area contributed by atoms with E-state index in [0.717, 1.165) is 22.3 Å². The van der Waals surface area contributed by atoms with Crippen LogP contribution in [0.25, 0.3) is 0 Å². The molecular formula is C15H15BrN2S. The normalized spacial score (nSPS) is 10.2. The van der Waals surface area contributed by atoms with Gasteiger partial charge in [-0.05, 0) is 30.7 Å². The lowest BCUT2D eigenvalue weighted by molar-refractivity contribution is 1.14. The molecular weight excluding hydrogens is 320 g/mol. The molecule has 0 saturated heterocycles. The number of benzene rings is 2. The van der Waals surface area contributed by atoms with Gasteiger partial charge in [-0.3, -0.25) is 0 Å². The molecule has 0 aliphatic rings. The summed E-state index contributed by atoms with van der Waals surface area (Å²) in [6.07, 6.45) is 0. The van der Waals surface area contributed by atoms with E-state index in [1.165, 1.54) is 11.1 Å². The van der Waals surface area contributed by atoms with Crippen LogP contribution in [0.5, 0.6) is 0 Å². The van der Waals surface area contributed by atoms with Gasteiger partial charge in [0.15, 0.2) is 0 Å². The summed E-state index contributed by atoms with van der Waals surface area (Å²) in [5.74, 6) is 0. The molecule has 0 radical (unpaired) electrons. The first-order valence-corrected chi connectivity index (χ1v) is 7.15. The Hall–Kier alpha value is -1.39. The van der Waals surface area contributed by atoms with E-state index >= 15 is 0 Å². The van der Waals surface area contributed by atoms with E-state index in [2.05, 4.69) is 52.4 Å². The molecule has 0 aromatic heterocycles. The van der Waals surface area contributed by atoms with Crippen LogP contribution in [0.1, 0.15) is 16.7 Å². The average Bonchev–Trinajstić information content (AvgIpc) is 2.36. The molecule has 2 rings (SSSR count). The number of thiocarbonyl (C=S) groups is 1. The smallest absolute Gasteiger partial charge is 0.106 e. The predicted octanol–water partition coefficient (Wildman–Crippen LogP) is 4.00. The molecule has 0 atom stereocenters. The molecule has 0 amide bonds. The third-order valence-electron chi connectivity index (χ3n) is 2.81. The van der Waals surface area contributed by atoms with Crippen LogP contribution < -0.4 is 11.1 Å². The first-order chi connectivity index (χ1) is 9.06. The Morgan fingerprint density at radius 2 is 2.05 bits per heavy atom. The number of hydrogen-bond donors (Lipinski definition) is 2. The van der Waals surface area contributed by atoms with Crippen LogP contribution in [0, 0.1) is 6.92 Å². The molecule has 0 bridgehead atoms. The molecule has 0 saturated carbocycles. The SMILES string of the molecule is Cc1cccc(CNc2cc(Br)ccc2C(N)=S)c1. The number of anilines is 1. The fraction of sp³-hybridized carbons (Fsp3) is 0.133. The van der Waals surface area contributed by atoms with Gasteiger partial charge < -0.3 is 11.1 Å². The Morgan fingerprint density at radius 3 is 2.74 bits per heavy atom. The number of nitrogens with one attached hydrogen (secondary N) is 1. The Balaban J connectivity index is 2.19. The highest BCUT2D eigenvalue weighted by molar-refractivity contribution is 9.10. The van der Waals surface area contributed by atoms with Crippen molar-refractivity contribution in [1.82, 2.24) is 0 Å². The highest BCUT2D eigenvalue weighted by Crippen LogP contribution is 2.22. The van der Waals surface area contributed by atoms with E-state index in [-0.39, 0.29) is 0 Å². The van der Waals surface area contributed by atoms with Crippen LogP contribution in [-0.4, -0.2) is 4.99 Å². The van der Waals surface area contributed by atoms with Crippen LogP contribution >= 0.6 is 28.1 Å². The van der Waals surface area contributed by atoms with Crippen molar-refractivity contribution >= 4 is 38.8 Å². The van der Waals surface area contributed by atoms with Gasteiger partial charge in [-0.15, -0.1) is 0 Å². The van der Waals surface area contributed by atoms with Crippen LogP contribution in [0.15, 0.2) is 46.9 Å². The van der Waals surface area contributed by atoms with E-state index in [1.54, 1.807) is 0 Å². The maximum atomic E-state index is 5.73. The van der Waals surface area contributed by atoms with E-state index < -0.39 is 0 Å². The molecule has 0 fully saturated rings. The molecule has 0 aliphatic carbocycles. The van der Waals surface area contributed by atoms with Crippen molar-refractivity contribution in [2.75, 3.05) is 5.32 Å². The minimum atomic E-state index is 0.402. The van der Waals surface area contributed by atoms with Crippen molar-refractivity contribution in [2.24, 2.45) is 5.73 Å². The largest absolute Gasteiger partial charge is 0.389 e. The van der Waals surface area contributed by atoms with Crippen LogP contribution in [0.2, 0.25) is 0 Å². The summed E-state index contributed by atoms with van der Waals surface area (Å²) in [6.45, 7) is 2.83. The zero-order valence-electron chi connectivity index (χ0n) is 10.6. The second-order valence-corrected chi connectivity index (χ2v) is 5.75. The quantitative estimate of drug-likeness (QED) is 0.830. The number of aryl methyl sites for hydroxylation is 1. The van der Waals surface area contributed by atoms with Gasteiger partial charge in [-0.2, -0.15) is 0 Å². The summed E-state index contributed by atoms with van der Waals surface area (Å²) in [7, 11) is 0. The fourth-order valence-corrected chi connectivity index (χ4v) is 2.44. The average molecular weight is 335 g/mol. The first kappa shape index (κ1) is 14.0. The fourth-order valence-electron chi connectivity index (χ4n) is 1.90. The lowest BCUT2D eigenvalue weighted by Crippen LogP contribution is -2.13. The molecule has 98 valence electrons. The number of halogens is 1. The van der Waals surface area contributed by atoms with E-state index in [0.29, 0.717) is 4.99 Å².